The zero-order valence-corrected chi connectivity index (χ0v) is 13.7. The molecule has 0 aliphatic rings. The van der Waals surface area contributed by atoms with Gasteiger partial charge in [0.05, 0.1) is 9.80 Å². The monoisotopic (exact) mass is 341 g/mol. The Hall–Kier alpha value is -1.84. The number of sulfonamides is 1. The van der Waals surface area contributed by atoms with Crippen molar-refractivity contribution in [3.8, 4) is 0 Å². The molecular formula is C13H15N3O4S2. The third-order valence-corrected chi connectivity index (χ3v) is 6.48. The smallest absolute Gasteiger partial charge is 0.261 e. The Kier molecular flexibility index (Phi) is 4.89. The minimum atomic E-state index is -3.72. The van der Waals surface area contributed by atoms with Crippen LogP contribution in [0.3, 0.4) is 0 Å². The fourth-order valence-corrected chi connectivity index (χ4v) is 4.63. The molecular weight excluding hydrogens is 326 g/mol. The molecule has 0 amide bonds. The normalized spacial score (nSPS) is 11.8. The summed E-state index contributed by atoms with van der Waals surface area (Å²) in [4.78, 5) is 14.8. The molecule has 0 N–H and O–H groups in total. The van der Waals surface area contributed by atoms with E-state index in [1.54, 1.807) is 12.3 Å². The fourth-order valence-electron chi connectivity index (χ4n) is 1.85. The number of pyridine rings is 1. The van der Waals surface area contributed by atoms with E-state index in [-0.39, 0.29) is 16.4 Å². The summed E-state index contributed by atoms with van der Waals surface area (Å²) in [6.45, 7) is 1.79. The largest absolute Gasteiger partial charge is 0.284 e. The molecule has 7 nitrogen and oxygen atoms in total. The molecule has 0 saturated heterocycles. The van der Waals surface area contributed by atoms with Crippen LogP contribution in [0.4, 0.5) is 5.69 Å². The molecule has 0 radical (unpaired) electrons. The highest BCUT2D eigenvalue weighted by molar-refractivity contribution is 7.91. The van der Waals surface area contributed by atoms with Crippen LogP contribution >= 0.6 is 11.3 Å². The van der Waals surface area contributed by atoms with E-state index in [2.05, 4.69) is 4.98 Å². The molecule has 118 valence electrons. The number of hydrogen-bond donors (Lipinski definition) is 0. The Morgan fingerprint density at radius 2 is 2.14 bits per heavy atom. The second kappa shape index (κ2) is 6.51. The van der Waals surface area contributed by atoms with Crippen LogP contribution in [-0.4, -0.2) is 36.2 Å². The van der Waals surface area contributed by atoms with Crippen LogP contribution in [0.1, 0.15) is 10.6 Å². The van der Waals surface area contributed by atoms with Crippen molar-refractivity contribution in [3.05, 3.63) is 51.1 Å². The molecule has 2 rings (SSSR count). The van der Waals surface area contributed by atoms with Gasteiger partial charge < -0.3 is 0 Å². The number of likely N-dealkylation sites (N-methyl/N-ethyl adjacent to an activating group) is 1. The molecule has 0 aliphatic heterocycles. The lowest BCUT2D eigenvalue weighted by Crippen LogP contribution is -2.28. The Bertz CT molecular complexity index is 772. The summed E-state index contributed by atoms with van der Waals surface area (Å²) in [6, 6.07) is 6.56. The van der Waals surface area contributed by atoms with Crippen LogP contribution in [-0.2, 0) is 16.4 Å². The van der Waals surface area contributed by atoms with Gasteiger partial charge in [-0.25, -0.2) is 8.42 Å². The van der Waals surface area contributed by atoms with E-state index in [4.69, 9.17) is 0 Å². The van der Waals surface area contributed by atoms with E-state index in [1.165, 1.54) is 18.3 Å². The number of hydrogen-bond acceptors (Lipinski definition) is 6. The van der Waals surface area contributed by atoms with Gasteiger partial charge in [0.25, 0.3) is 15.7 Å². The lowest BCUT2D eigenvalue weighted by Gasteiger charge is -2.15. The van der Waals surface area contributed by atoms with Crippen molar-refractivity contribution in [2.24, 2.45) is 0 Å². The number of nitro groups is 1. The predicted octanol–water partition coefficient (Wildman–Crippen LogP) is 2.22. The highest BCUT2D eigenvalue weighted by atomic mass is 32.2. The maximum absolute atomic E-state index is 12.4. The summed E-state index contributed by atoms with van der Waals surface area (Å²) in [7, 11) is -2.27. The summed E-state index contributed by atoms with van der Waals surface area (Å²) in [5.74, 6) is 0. The van der Waals surface area contributed by atoms with Crippen molar-refractivity contribution in [2.75, 3.05) is 13.6 Å². The number of aromatic nitrogens is 1. The van der Waals surface area contributed by atoms with Crippen LogP contribution in [0.25, 0.3) is 0 Å². The van der Waals surface area contributed by atoms with Gasteiger partial charge in [0, 0.05) is 38.0 Å². The molecule has 2 aromatic heterocycles. The lowest BCUT2D eigenvalue weighted by atomic mass is 10.3. The van der Waals surface area contributed by atoms with Gasteiger partial charge in [0.15, 0.2) is 0 Å². The van der Waals surface area contributed by atoms with Crippen molar-refractivity contribution >= 4 is 27.0 Å². The molecule has 2 heterocycles. The van der Waals surface area contributed by atoms with Crippen LogP contribution in [0.15, 0.2) is 34.7 Å². The summed E-state index contributed by atoms with van der Waals surface area (Å²) >= 11 is 0.913. The first-order valence-electron chi connectivity index (χ1n) is 6.43. The van der Waals surface area contributed by atoms with Gasteiger partial charge in [-0.2, -0.15) is 4.31 Å². The lowest BCUT2D eigenvalue weighted by molar-refractivity contribution is -0.385. The zero-order valence-electron chi connectivity index (χ0n) is 12.1. The van der Waals surface area contributed by atoms with Gasteiger partial charge in [0.1, 0.15) is 4.21 Å². The molecule has 0 spiro atoms. The first-order valence-corrected chi connectivity index (χ1v) is 8.69. The van der Waals surface area contributed by atoms with Crippen molar-refractivity contribution in [1.82, 2.24) is 9.29 Å². The third kappa shape index (κ3) is 3.49. The van der Waals surface area contributed by atoms with E-state index in [9.17, 15) is 18.5 Å². The predicted molar refractivity (Wildman–Crippen MR) is 83.5 cm³/mol. The molecule has 0 unspecified atom stereocenters. The second-order valence-corrected chi connectivity index (χ2v) is 8.19. The average molecular weight is 341 g/mol. The highest BCUT2D eigenvalue weighted by Gasteiger charge is 2.27. The Balaban J connectivity index is 2.15. The third-order valence-electron chi connectivity index (χ3n) is 3.14. The number of thiophene rings is 1. The second-order valence-electron chi connectivity index (χ2n) is 4.66. The molecule has 0 aliphatic carbocycles. The highest BCUT2D eigenvalue weighted by Crippen LogP contribution is 2.32. The van der Waals surface area contributed by atoms with Crippen LogP contribution < -0.4 is 0 Å². The van der Waals surface area contributed by atoms with Gasteiger partial charge in [-0.3, -0.25) is 15.1 Å². The minimum absolute atomic E-state index is 0.0137. The van der Waals surface area contributed by atoms with Gasteiger partial charge >= 0.3 is 0 Å². The van der Waals surface area contributed by atoms with Gasteiger partial charge in [0.2, 0.25) is 0 Å². The van der Waals surface area contributed by atoms with Crippen LogP contribution in [0.2, 0.25) is 0 Å². The van der Waals surface area contributed by atoms with Crippen LogP contribution in [0, 0.1) is 17.0 Å². The molecule has 0 aromatic carbocycles. The zero-order chi connectivity index (χ0) is 16.3. The topological polar surface area (TPSA) is 93.4 Å². The van der Waals surface area contributed by atoms with Crippen molar-refractivity contribution in [3.63, 3.8) is 0 Å². The summed E-state index contributed by atoms with van der Waals surface area (Å²) in [6.07, 6.45) is 2.12. The van der Waals surface area contributed by atoms with E-state index < -0.39 is 14.9 Å². The Labute approximate surface area is 132 Å². The number of rotatable bonds is 6. The van der Waals surface area contributed by atoms with Crippen molar-refractivity contribution in [1.29, 1.82) is 0 Å². The quantitative estimate of drug-likeness (QED) is 0.593. The fraction of sp³-hybridized carbons (Fsp3) is 0.308. The molecule has 2 aromatic rings. The number of nitrogens with zero attached hydrogens (tertiary/aromatic N) is 3. The average Bonchev–Trinajstić information content (AvgIpc) is 2.88. The first-order chi connectivity index (χ1) is 10.3. The standard InChI is InChI=1S/C13H15N3O4S2/c1-10-12(16(17)18)9-13(21-10)22(19,20)15(2)8-6-11-5-3-4-7-14-11/h3-5,7,9H,6,8H2,1-2H3. The maximum atomic E-state index is 12.4. The molecule has 0 saturated carbocycles. The summed E-state index contributed by atoms with van der Waals surface area (Å²) in [5.41, 5.74) is 0.625. The van der Waals surface area contributed by atoms with E-state index >= 15 is 0 Å². The van der Waals surface area contributed by atoms with E-state index in [1.807, 2.05) is 12.1 Å². The van der Waals surface area contributed by atoms with Crippen molar-refractivity contribution < 1.29 is 13.3 Å². The molecule has 0 fully saturated rings. The van der Waals surface area contributed by atoms with Gasteiger partial charge in [-0.15, -0.1) is 11.3 Å². The van der Waals surface area contributed by atoms with Gasteiger partial charge in [-0.1, -0.05) is 6.07 Å². The SMILES string of the molecule is Cc1sc(S(=O)(=O)N(C)CCc2ccccn2)cc1[N+](=O)[O-]. The number of aryl methyl sites for hydroxylation is 1. The maximum Gasteiger partial charge on any atom is 0.284 e. The first kappa shape index (κ1) is 16.5. The van der Waals surface area contributed by atoms with Crippen LogP contribution in [0.5, 0.6) is 0 Å². The van der Waals surface area contributed by atoms with Crippen molar-refractivity contribution in [2.45, 2.75) is 17.6 Å². The minimum Gasteiger partial charge on any atom is -0.261 e. The molecule has 0 atom stereocenters. The van der Waals surface area contributed by atoms with E-state index in [0.29, 0.717) is 11.3 Å². The molecule has 0 bridgehead atoms. The Morgan fingerprint density at radius 1 is 1.41 bits per heavy atom. The Morgan fingerprint density at radius 3 is 2.68 bits per heavy atom. The van der Waals surface area contributed by atoms with Gasteiger partial charge in [-0.05, 0) is 19.1 Å². The molecule has 9 heteroatoms. The summed E-state index contributed by atoms with van der Waals surface area (Å²) in [5, 5.41) is 10.8. The summed E-state index contributed by atoms with van der Waals surface area (Å²) < 4.78 is 26.0. The molecule has 22 heavy (non-hydrogen) atoms. The van der Waals surface area contributed by atoms with E-state index in [0.717, 1.165) is 23.1 Å².